The molecule has 1 aliphatic rings. The molecule has 1 N–H and O–H groups in total. The average Bonchev–Trinajstić information content (AvgIpc) is 2.96. The minimum absolute atomic E-state index is 0.139. The largest absolute Gasteiger partial charge is 0.490 e. The Kier molecular flexibility index (Phi) is 6.40. The molecule has 1 aromatic carbocycles. The highest BCUT2D eigenvalue weighted by Gasteiger charge is 2.51. The predicted molar refractivity (Wildman–Crippen MR) is 111 cm³/mol. The monoisotopic (exact) mass is 432 g/mol. The molecule has 0 unspecified atom stereocenters. The van der Waals surface area contributed by atoms with Crippen LogP contribution in [0.2, 0.25) is 0 Å². The fourth-order valence-corrected chi connectivity index (χ4v) is 3.87. The van der Waals surface area contributed by atoms with E-state index in [4.69, 9.17) is 9.47 Å². The zero-order chi connectivity index (χ0) is 22.9. The third-order valence-corrected chi connectivity index (χ3v) is 5.77. The molecule has 1 aromatic heterocycles. The van der Waals surface area contributed by atoms with Crippen molar-refractivity contribution in [1.82, 2.24) is 4.98 Å². The first-order chi connectivity index (χ1) is 14.6. The molecule has 31 heavy (non-hydrogen) atoms. The molecular formula is C23H26F2N2O4. The van der Waals surface area contributed by atoms with Gasteiger partial charge in [-0.3, -0.25) is 14.6 Å². The summed E-state index contributed by atoms with van der Waals surface area (Å²) in [4.78, 5) is 28.7. The Labute approximate surface area is 180 Å². The highest BCUT2D eigenvalue weighted by molar-refractivity contribution is 5.97. The number of anilines is 1. The highest BCUT2D eigenvalue weighted by Crippen LogP contribution is 2.49. The number of halogens is 2. The van der Waals surface area contributed by atoms with E-state index in [9.17, 15) is 18.4 Å². The molecule has 0 bridgehead atoms. The van der Waals surface area contributed by atoms with Crippen molar-refractivity contribution in [2.45, 2.75) is 52.2 Å². The molecule has 1 amide bonds. The Balaban J connectivity index is 1.99. The number of carbonyl (C=O) groups is 2. The second-order valence-electron chi connectivity index (χ2n) is 8.14. The Morgan fingerprint density at radius 1 is 1.26 bits per heavy atom. The van der Waals surface area contributed by atoms with Crippen LogP contribution in [-0.4, -0.2) is 35.0 Å². The quantitative estimate of drug-likeness (QED) is 0.681. The van der Waals surface area contributed by atoms with Crippen LogP contribution in [0.25, 0.3) is 0 Å². The number of benzene rings is 1. The van der Waals surface area contributed by atoms with E-state index in [1.807, 2.05) is 20.8 Å². The SMILES string of the molecule is CCOc1c([C@H]2[C@@H](C(=O)Nc3ccnc(C(C)=O)c3)OC(C)(C)[C@H]2C)ccc(F)c1F. The van der Waals surface area contributed by atoms with E-state index in [1.54, 1.807) is 13.0 Å². The van der Waals surface area contributed by atoms with Gasteiger partial charge in [-0.1, -0.05) is 13.0 Å². The first-order valence-corrected chi connectivity index (χ1v) is 10.1. The fourth-order valence-electron chi connectivity index (χ4n) is 3.87. The topological polar surface area (TPSA) is 77.5 Å². The van der Waals surface area contributed by atoms with Crippen molar-refractivity contribution in [3.8, 4) is 5.75 Å². The zero-order valence-electron chi connectivity index (χ0n) is 18.2. The molecule has 3 rings (SSSR count). The minimum atomic E-state index is -1.09. The van der Waals surface area contributed by atoms with Gasteiger partial charge in [0.15, 0.2) is 17.3 Å². The molecule has 0 saturated carbocycles. The Morgan fingerprint density at radius 2 is 1.97 bits per heavy atom. The molecule has 6 nitrogen and oxygen atoms in total. The van der Waals surface area contributed by atoms with E-state index in [0.29, 0.717) is 11.3 Å². The number of rotatable bonds is 6. The van der Waals surface area contributed by atoms with Gasteiger partial charge < -0.3 is 14.8 Å². The van der Waals surface area contributed by atoms with Gasteiger partial charge in [-0.05, 0) is 44.9 Å². The molecule has 0 radical (unpaired) electrons. The minimum Gasteiger partial charge on any atom is -0.490 e. The van der Waals surface area contributed by atoms with Gasteiger partial charge in [-0.15, -0.1) is 0 Å². The molecule has 0 spiro atoms. The van der Waals surface area contributed by atoms with Crippen LogP contribution < -0.4 is 10.1 Å². The number of ketones is 1. The molecule has 8 heteroatoms. The van der Waals surface area contributed by atoms with Gasteiger partial charge in [0.05, 0.1) is 12.2 Å². The number of nitrogens with one attached hydrogen (secondary N) is 1. The third kappa shape index (κ3) is 4.44. The van der Waals surface area contributed by atoms with Gasteiger partial charge in [0.25, 0.3) is 5.91 Å². The summed E-state index contributed by atoms with van der Waals surface area (Å²) >= 11 is 0. The Morgan fingerprint density at radius 3 is 2.61 bits per heavy atom. The number of carbonyl (C=O) groups excluding carboxylic acids is 2. The van der Waals surface area contributed by atoms with E-state index in [-0.39, 0.29) is 29.8 Å². The van der Waals surface area contributed by atoms with E-state index >= 15 is 0 Å². The van der Waals surface area contributed by atoms with Crippen LogP contribution >= 0.6 is 0 Å². The normalized spacial score (nSPS) is 22.2. The van der Waals surface area contributed by atoms with Crippen molar-refractivity contribution in [3.05, 3.63) is 53.4 Å². The van der Waals surface area contributed by atoms with Crippen molar-refractivity contribution in [1.29, 1.82) is 0 Å². The Bertz CT molecular complexity index is 1010. The molecule has 1 aliphatic heterocycles. The first kappa shape index (κ1) is 22.8. The summed E-state index contributed by atoms with van der Waals surface area (Å²) in [6.45, 7) is 8.78. The summed E-state index contributed by atoms with van der Waals surface area (Å²) in [5.41, 5.74) is 0.275. The molecular weight excluding hydrogens is 406 g/mol. The number of aromatic nitrogens is 1. The van der Waals surface area contributed by atoms with Crippen LogP contribution in [0.1, 0.15) is 56.6 Å². The predicted octanol–water partition coefficient (Wildman–Crippen LogP) is 4.50. The number of pyridine rings is 1. The summed E-state index contributed by atoms with van der Waals surface area (Å²) in [5.74, 6) is -3.80. The van der Waals surface area contributed by atoms with E-state index in [1.165, 1.54) is 25.3 Å². The molecule has 2 heterocycles. The summed E-state index contributed by atoms with van der Waals surface area (Å²) in [6, 6.07) is 5.51. The third-order valence-electron chi connectivity index (χ3n) is 5.77. The van der Waals surface area contributed by atoms with Crippen molar-refractivity contribution in [2.75, 3.05) is 11.9 Å². The van der Waals surface area contributed by atoms with Gasteiger partial charge in [-0.2, -0.15) is 4.39 Å². The average molecular weight is 432 g/mol. The number of hydrogen-bond acceptors (Lipinski definition) is 5. The lowest BCUT2D eigenvalue weighted by molar-refractivity contribution is -0.131. The van der Waals surface area contributed by atoms with Crippen molar-refractivity contribution in [3.63, 3.8) is 0 Å². The van der Waals surface area contributed by atoms with Crippen molar-refractivity contribution >= 4 is 17.4 Å². The van der Waals surface area contributed by atoms with Crippen LogP contribution in [0.5, 0.6) is 5.75 Å². The van der Waals surface area contributed by atoms with Crippen molar-refractivity contribution < 1.29 is 27.8 Å². The second-order valence-corrected chi connectivity index (χ2v) is 8.14. The lowest BCUT2D eigenvalue weighted by Gasteiger charge is -2.26. The first-order valence-electron chi connectivity index (χ1n) is 10.1. The number of amides is 1. The number of Topliss-reactive ketones (excluding diaryl/α,β-unsaturated/α-hetero) is 1. The maximum atomic E-state index is 14.5. The molecule has 3 atom stereocenters. The summed E-state index contributed by atoms with van der Waals surface area (Å²) < 4.78 is 39.9. The van der Waals surface area contributed by atoms with Gasteiger partial charge >= 0.3 is 0 Å². The maximum absolute atomic E-state index is 14.5. The van der Waals surface area contributed by atoms with Gasteiger partial charge in [0, 0.05) is 30.3 Å². The lowest BCUT2D eigenvalue weighted by Crippen LogP contribution is -2.33. The van der Waals surface area contributed by atoms with E-state index in [0.717, 1.165) is 6.07 Å². The molecule has 2 aromatic rings. The van der Waals surface area contributed by atoms with E-state index in [2.05, 4.69) is 10.3 Å². The van der Waals surface area contributed by atoms with Gasteiger partial charge in [0.2, 0.25) is 5.82 Å². The standard InChI is InChI=1S/C23H26F2N2O4/c1-6-30-20-15(7-8-16(24)19(20)25)18-12(2)23(4,5)31-21(18)22(29)27-14-9-10-26-17(11-14)13(3)28/h7-12,18,21H,6H2,1-5H3,(H,26,27,29)/t12-,18-,21-/m0/s1. The van der Waals surface area contributed by atoms with Crippen LogP contribution in [0.3, 0.4) is 0 Å². The van der Waals surface area contributed by atoms with Crippen molar-refractivity contribution in [2.24, 2.45) is 5.92 Å². The summed E-state index contributed by atoms with van der Waals surface area (Å²) in [5, 5.41) is 2.75. The molecule has 1 saturated heterocycles. The van der Waals surface area contributed by atoms with Crippen LogP contribution in [0.4, 0.5) is 14.5 Å². The van der Waals surface area contributed by atoms with Crippen LogP contribution in [0, 0.1) is 17.6 Å². The summed E-state index contributed by atoms with van der Waals surface area (Å²) in [7, 11) is 0. The smallest absolute Gasteiger partial charge is 0.254 e. The molecule has 0 aliphatic carbocycles. The number of hydrogen-bond donors (Lipinski definition) is 1. The number of nitrogens with zero attached hydrogens (tertiary/aromatic N) is 1. The molecule has 1 fully saturated rings. The fraction of sp³-hybridized carbons (Fsp3) is 0.435. The van der Waals surface area contributed by atoms with Crippen LogP contribution in [0.15, 0.2) is 30.5 Å². The van der Waals surface area contributed by atoms with E-state index < -0.39 is 35.2 Å². The Hall–Kier alpha value is -2.87. The van der Waals surface area contributed by atoms with Crippen LogP contribution in [-0.2, 0) is 9.53 Å². The zero-order valence-corrected chi connectivity index (χ0v) is 18.2. The summed E-state index contributed by atoms with van der Waals surface area (Å²) in [6.07, 6.45) is 0.442. The van der Waals surface area contributed by atoms with Gasteiger partial charge in [-0.25, -0.2) is 4.39 Å². The van der Waals surface area contributed by atoms with Gasteiger partial charge in [0.1, 0.15) is 11.8 Å². The lowest BCUT2D eigenvalue weighted by atomic mass is 9.78. The second kappa shape index (κ2) is 8.70. The highest BCUT2D eigenvalue weighted by atomic mass is 19.2. The molecule has 166 valence electrons. The number of ether oxygens (including phenoxy) is 2. The maximum Gasteiger partial charge on any atom is 0.254 e.